The monoisotopic (exact) mass is 547 g/mol. The summed E-state index contributed by atoms with van der Waals surface area (Å²) in [5.41, 5.74) is 0.292. The molecule has 3 aromatic carbocycles. The van der Waals surface area contributed by atoms with Gasteiger partial charge in [0.25, 0.3) is 0 Å². The summed E-state index contributed by atoms with van der Waals surface area (Å²) in [7, 11) is 0. The number of carbonyl (C=O) groups excluding carboxylic acids is 1. The van der Waals surface area contributed by atoms with Crippen LogP contribution >= 0.6 is 0 Å². The first-order valence-electron chi connectivity index (χ1n) is 12.0. The lowest BCUT2D eigenvalue weighted by Gasteiger charge is -2.15. The summed E-state index contributed by atoms with van der Waals surface area (Å²) in [6.45, 7) is 9.76. The number of aromatic nitrogens is 1. The fourth-order valence-electron chi connectivity index (χ4n) is 3.84. The molecule has 2 amide bonds. The second-order valence-corrected chi connectivity index (χ2v) is 8.46. The van der Waals surface area contributed by atoms with Gasteiger partial charge in [-0.25, -0.2) is 22.8 Å². The number of urea groups is 1. The summed E-state index contributed by atoms with van der Waals surface area (Å²) < 4.78 is 53.3. The fraction of sp³-hybridized carbons (Fsp3) is 0.148. The number of hydrogen-bond donors (Lipinski definition) is 2. The lowest BCUT2D eigenvalue weighted by molar-refractivity contribution is 0.230. The average molecular weight is 547 g/mol. The fourth-order valence-corrected chi connectivity index (χ4v) is 3.84. The van der Waals surface area contributed by atoms with Crippen LogP contribution in [0, 0.1) is 24.0 Å². The van der Waals surface area contributed by atoms with Gasteiger partial charge in [-0.15, -0.1) is 0 Å². The number of nitrogens with zero attached hydrogens (tertiary/aromatic N) is 5. The zero-order chi connectivity index (χ0) is 28.1. The molecule has 0 fully saturated rings. The molecule has 0 atom stereocenters. The molecule has 0 saturated heterocycles. The topological polar surface area (TPSA) is 105 Å². The van der Waals surface area contributed by atoms with Crippen molar-refractivity contribution in [2.45, 2.75) is 0 Å². The van der Waals surface area contributed by atoms with Crippen LogP contribution in [-0.2, 0) is 0 Å². The van der Waals surface area contributed by atoms with Crippen molar-refractivity contribution in [3.05, 3.63) is 89.7 Å². The van der Waals surface area contributed by atoms with Crippen LogP contribution in [-0.4, -0.2) is 42.3 Å². The summed E-state index contributed by atoms with van der Waals surface area (Å²) in [5.74, 6) is -1.79. The number of hydrogen-bond acceptors (Lipinski definition) is 7. The third-order valence-electron chi connectivity index (χ3n) is 5.75. The van der Waals surface area contributed by atoms with Crippen molar-refractivity contribution in [1.29, 1.82) is 0 Å². The molecule has 0 unspecified atom stereocenters. The van der Waals surface area contributed by atoms with Crippen molar-refractivity contribution < 1.29 is 27.4 Å². The standard InChI is InChI=1S/C27H20F3N7O3/c1-31-24-14-18-23(15-26(24)39-11-10-37-9-8-33-36-37)32-7-6-25(18)40-17-3-5-22(20(30)13-17)35-27(38)34-21-4-2-16(28)12-19(21)29/h2-7,12-15H,8-11H2,(H2,34,35,38). The Morgan fingerprint density at radius 3 is 2.48 bits per heavy atom. The number of pyridine rings is 1. The predicted molar refractivity (Wildman–Crippen MR) is 140 cm³/mol. The summed E-state index contributed by atoms with van der Waals surface area (Å²) in [6.07, 6.45) is 1.51. The first-order chi connectivity index (χ1) is 19.4. The number of amides is 2. The van der Waals surface area contributed by atoms with Gasteiger partial charge in [-0.2, -0.15) is 5.11 Å². The van der Waals surface area contributed by atoms with Crippen molar-refractivity contribution in [3.63, 3.8) is 0 Å². The highest BCUT2D eigenvalue weighted by atomic mass is 19.1. The van der Waals surface area contributed by atoms with E-state index in [2.05, 4.69) is 30.8 Å². The molecule has 13 heteroatoms. The highest BCUT2D eigenvalue weighted by molar-refractivity contribution is 6.00. The van der Waals surface area contributed by atoms with Gasteiger partial charge < -0.3 is 20.1 Å². The number of halogens is 3. The van der Waals surface area contributed by atoms with Crippen LogP contribution in [0.5, 0.6) is 17.2 Å². The molecule has 10 nitrogen and oxygen atoms in total. The van der Waals surface area contributed by atoms with Gasteiger partial charge in [-0.1, -0.05) is 5.22 Å². The number of benzene rings is 3. The molecule has 0 aliphatic carbocycles. The van der Waals surface area contributed by atoms with E-state index in [9.17, 15) is 18.0 Å². The second-order valence-electron chi connectivity index (χ2n) is 8.46. The SMILES string of the molecule is [C-]#[N+]c1cc2c(Oc3ccc(NC(=O)Nc4ccc(F)cc4F)c(F)c3)ccnc2cc1OCCN1CCN=N1. The first-order valence-corrected chi connectivity index (χ1v) is 12.0. The van der Waals surface area contributed by atoms with Crippen molar-refractivity contribution in [3.8, 4) is 17.2 Å². The maximum absolute atomic E-state index is 14.8. The summed E-state index contributed by atoms with van der Waals surface area (Å²) in [5, 5.41) is 14.6. The maximum Gasteiger partial charge on any atom is 0.323 e. The van der Waals surface area contributed by atoms with E-state index in [4.69, 9.17) is 16.0 Å². The predicted octanol–water partition coefficient (Wildman–Crippen LogP) is 6.70. The van der Waals surface area contributed by atoms with E-state index >= 15 is 0 Å². The third kappa shape index (κ3) is 6.02. The molecule has 5 rings (SSSR count). The summed E-state index contributed by atoms with van der Waals surface area (Å²) >= 11 is 0. The van der Waals surface area contributed by atoms with E-state index in [1.54, 1.807) is 23.2 Å². The van der Waals surface area contributed by atoms with Gasteiger partial charge in [0.15, 0.2) is 0 Å². The Kier molecular flexibility index (Phi) is 7.58. The van der Waals surface area contributed by atoms with Gasteiger partial charge in [0.2, 0.25) is 5.69 Å². The lowest BCUT2D eigenvalue weighted by atomic mass is 10.1. The third-order valence-corrected chi connectivity index (χ3v) is 5.75. The van der Waals surface area contributed by atoms with E-state index in [-0.39, 0.29) is 22.8 Å². The molecule has 4 aromatic rings. The van der Waals surface area contributed by atoms with Gasteiger partial charge in [0.1, 0.15) is 41.3 Å². The van der Waals surface area contributed by atoms with Gasteiger partial charge in [-0.05, 0) is 42.5 Å². The molecule has 2 N–H and O–H groups in total. The number of nitrogens with one attached hydrogen (secondary N) is 2. The molecule has 0 spiro atoms. The highest BCUT2D eigenvalue weighted by Crippen LogP contribution is 2.37. The van der Waals surface area contributed by atoms with Crippen molar-refractivity contribution >= 4 is 34.0 Å². The summed E-state index contributed by atoms with van der Waals surface area (Å²) in [4.78, 5) is 20.1. The van der Waals surface area contributed by atoms with Crippen LogP contribution in [0.15, 0.2) is 71.1 Å². The minimum atomic E-state index is -0.974. The Morgan fingerprint density at radius 2 is 1.77 bits per heavy atom. The van der Waals surface area contributed by atoms with Crippen molar-refractivity contribution in [1.82, 2.24) is 9.99 Å². The van der Waals surface area contributed by atoms with Crippen LogP contribution in [0.1, 0.15) is 0 Å². The van der Waals surface area contributed by atoms with Gasteiger partial charge in [0.05, 0.1) is 43.1 Å². The number of anilines is 2. The molecule has 0 saturated carbocycles. The molecule has 0 bridgehead atoms. The lowest BCUT2D eigenvalue weighted by Crippen LogP contribution is -2.22. The normalized spacial score (nSPS) is 12.3. The molecular formula is C27H20F3N7O3. The Hall–Kier alpha value is -5.38. The zero-order valence-electron chi connectivity index (χ0n) is 20.7. The molecular weight excluding hydrogens is 527 g/mol. The minimum absolute atomic E-state index is 0.116. The number of ether oxygens (including phenoxy) is 2. The average Bonchev–Trinajstić information content (AvgIpc) is 3.45. The quantitative estimate of drug-likeness (QED) is 0.239. The molecule has 40 heavy (non-hydrogen) atoms. The first kappa shape index (κ1) is 26.2. The van der Waals surface area contributed by atoms with Gasteiger partial charge in [-0.3, -0.25) is 9.99 Å². The van der Waals surface area contributed by atoms with E-state index < -0.39 is 23.5 Å². The highest BCUT2D eigenvalue weighted by Gasteiger charge is 2.15. The van der Waals surface area contributed by atoms with Crippen LogP contribution in [0.4, 0.5) is 35.0 Å². The molecule has 1 aromatic heterocycles. The maximum atomic E-state index is 14.8. The Bertz CT molecular complexity index is 1660. The zero-order valence-corrected chi connectivity index (χ0v) is 20.7. The van der Waals surface area contributed by atoms with E-state index in [1.807, 2.05) is 0 Å². The molecule has 202 valence electrons. The van der Waals surface area contributed by atoms with E-state index in [0.29, 0.717) is 48.2 Å². The van der Waals surface area contributed by atoms with E-state index in [1.165, 1.54) is 18.3 Å². The van der Waals surface area contributed by atoms with E-state index in [0.717, 1.165) is 24.7 Å². The van der Waals surface area contributed by atoms with Crippen molar-refractivity contribution in [2.75, 3.05) is 36.9 Å². The van der Waals surface area contributed by atoms with Crippen molar-refractivity contribution in [2.24, 2.45) is 10.3 Å². The number of fused-ring (bicyclic) bond motifs is 1. The largest absolute Gasteiger partial charge is 0.503 e. The Morgan fingerprint density at radius 1 is 1.00 bits per heavy atom. The molecule has 1 aliphatic rings. The Balaban J connectivity index is 1.28. The minimum Gasteiger partial charge on any atom is -0.503 e. The second kappa shape index (κ2) is 11.6. The molecule has 0 radical (unpaired) electrons. The molecule has 1 aliphatic heterocycles. The molecule has 2 heterocycles. The van der Waals surface area contributed by atoms with Gasteiger partial charge in [0, 0.05) is 23.7 Å². The van der Waals surface area contributed by atoms with Crippen LogP contribution in [0.2, 0.25) is 0 Å². The number of rotatable bonds is 8. The number of carbonyl (C=O) groups is 1. The van der Waals surface area contributed by atoms with Crippen LogP contribution < -0.4 is 20.1 Å². The Labute approximate surface area is 225 Å². The smallest absolute Gasteiger partial charge is 0.323 e. The van der Waals surface area contributed by atoms with Crippen LogP contribution in [0.25, 0.3) is 15.7 Å². The van der Waals surface area contributed by atoms with Gasteiger partial charge >= 0.3 is 6.03 Å². The van der Waals surface area contributed by atoms with Crippen LogP contribution in [0.3, 0.4) is 0 Å². The summed E-state index contributed by atoms with van der Waals surface area (Å²) in [6, 6.07) is 10.3.